The number of hydrogen-bond acceptors (Lipinski definition) is 1. The molecule has 1 nitrogen and oxygen atoms in total. The van der Waals surface area contributed by atoms with Gasteiger partial charge in [0.05, 0.1) is 0 Å². The number of benzene rings is 2. The quantitative estimate of drug-likeness (QED) is 0.866. The van der Waals surface area contributed by atoms with Crippen LogP contribution in [0.1, 0.15) is 25.7 Å². The summed E-state index contributed by atoms with van der Waals surface area (Å²) in [4.78, 5) is 2.32. The van der Waals surface area contributed by atoms with Crippen molar-refractivity contribution in [1.82, 2.24) is 0 Å². The van der Waals surface area contributed by atoms with E-state index in [1.54, 1.807) is 0 Å². The first-order chi connectivity index (χ1) is 9.27. The molecule has 3 rings (SSSR count). The fourth-order valence-electron chi connectivity index (χ4n) is 2.74. The second kappa shape index (κ2) is 5.50. The fourth-order valence-corrected chi connectivity index (χ4v) is 4.75. The van der Waals surface area contributed by atoms with Gasteiger partial charge in [-0.2, -0.15) is 0 Å². The SMILES string of the molecule is NC1(/C=C/[Se]c2cccc3ccccc23)CCCC1. The molecule has 0 saturated heterocycles. The predicted molar refractivity (Wildman–Crippen MR) is 83.9 cm³/mol. The van der Waals surface area contributed by atoms with Crippen molar-refractivity contribution in [2.75, 3.05) is 0 Å². The average Bonchev–Trinajstić information content (AvgIpc) is 2.86. The van der Waals surface area contributed by atoms with Gasteiger partial charge >= 0.3 is 121 Å². The Morgan fingerprint density at radius 2 is 1.74 bits per heavy atom. The number of hydrogen-bond donors (Lipinski definition) is 1. The van der Waals surface area contributed by atoms with E-state index >= 15 is 0 Å². The van der Waals surface area contributed by atoms with Crippen LogP contribution in [0.5, 0.6) is 0 Å². The van der Waals surface area contributed by atoms with Gasteiger partial charge in [-0.25, -0.2) is 0 Å². The third-order valence-corrected chi connectivity index (χ3v) is 5.73. The molecular formula is C17H19NSe. The first-order valence-electron chi connectivity index (χ1n) is 6.88. The molecule has 98 valence electrons. The van der Waals surface area contributed by atoms with Crippen LogP contribution >= 0.6 is 0 Å². The third kappa shape index (κ3) is 2.92. The maximum absolute atomic E-state index is 6.36. The summed E-state index contributed by atoms with van der Waals surface area (Å²) in [5.41, 5.74) is 6.34. The monoisotopic (exact) mass is 317 g/mol. The van der Waals surface area contributed by atoms with Crippen LogP contribution in [-0.2, 0) is 0 Å². The van der Waals surface area contributed by atoms with Crippen molar-refractivity contribution in [3.8, 4) is 0 Å². The first-order valence-corrected chi connectivity index (χ1v) is 8.72. The Labute approximate surface area is 121 Å². The van der Waals surface area contributed by atoms with Gasteiger partial charge in [-0.05, 0) is 0 Å². The van der Waals surface area contributed by atoms with Gasteiger partial charge < -0.3 is 0 Å². The zero-order chi connectivity index (χ0) is 13.1. The van der Waals surface area contributed by atoms with Gasteiger partial charge in [0.25, 0.3) is 0 Å². The molecular weight excluding hydrogens is 297 g/mol. The molecule has 2 aromatic rings. The Bertz CT molecular complexity index is 592. The van der Waals surface area contributed by atoms with Crippen molar-refractivity contribution in [3.63, 3.8) is 0 Å². The molecule has 1 aliphatic carbocycles. The molecule has 0 heterocycles. The van der Waals surface area contributed by atoms with Gasteiger partial charge in [-0.1, -0.05) is 0 Å². The minimum absolute atomic E-state index is 0.0215. The Balaban J connectivity index is 1.80. The number of rotatable bonds is 3. The summed E-state index contributed by atoms with van der Waals surface area (Å²) in [6.45, 7) is 0. The van der Waals surface area contributed by atoms with Crippen molar-refractivity contribution in [2.45, 2.75) is 31.2 Å². The van der Waals surface area contributed by atoms with Crippen LogP contribution in [0.3, 0.4) is 0 Å². The van der Waals surface area contributed by atoms with E-state index in [9.17, 15) is 0 Å². The van der Waals surface area contributed by atoms with Gasteiger partial charge in [0, 0.05) is 0 Å². The first kappa shape index (κ1) is 12.9. The standard InChI is InChI=1S/C17H19NSe/c18-17(10-3-4-11-17)12-13-19-16-9-5-7-14-6-1-2-8-15(14)16/h1-2,5-9,12-13H,3-4,10-11,18H2/b13-12+. The zero-order valence-electron chi connectivity index (χ0n) is 11.0. The molecule has 0 atom stereocenters. The Morgan fingerprint density at radius 1 is 1.00 bits per heavy atom. The Morgan fingerprint density at radius 3 is 2.58 bits per heavy atom. The molecule has 1 fully saturated rings. The van der Waals surface area contributed by atoms with E-state index in [1.165, 1.54) is 28.1 Å². The van der Waals surface area contributed by atoms with Gasteiger partial charge in [-0.15, -0.1) is 0 Å². The molecule has 0 amide bonds. The zero-order valence-corrected chi connectivity index (χ0v) is 12.7. The second-order valence-electron chi connectivity index (χ2n) is 5.34. The molecule has 2 N–H and O–H groups in total. The van der Waals surface area contributed by atoms with Gasteiger partial charge in [0.15, 0.2) is 0 Å². The maximum atomic E-state index is 6.36. The number of nitrogens with two attached hydrogens (primary N) is 1. The third-order valence-electron chi connectivity index (χ3n) is 3.88. The molecule has 1 aliphatic rings. The fraction of sp³-hybridized carbons (Fsp3) is 0.294. The van der Waals surface area contributed by atoms with E-state index in [4.69, 9.17) is 5.73 Å². The van der Waals surface area contributed by atoms with Crippen molar-refractivity contribution >= 4 is 30.2 Å². The van der Waals surface area contributed by atoms with E-state index in [0.717, 1.165) is 12.8 Å². The molecule has 0 radical (unpaired) electrons. The molecule has 0 aromatic heterocycles. The molecule has 0 spiro atoms. The van der Waals surface area contributed by atoms with E-state index in [0.29, 0.717) is 15.0 Å². The van der Waals surface area contributed by atoms with E-state index < -0.39 is 0 Å². The van der Waals surface area contributed by atoms with Gasteiger partial charge in [0.1, 0.15) is 0 Å². The van der Waals surface area contributed by atoms with Gasteiger partial charge in [-0.3, -0.25) is 0 Å². The average molecular weight is 316 g/mol. The second-order valence-corrected chi connectivity index (χ2v) is 7.33. The number of fused-ring (bicyclic) bond motifs is 1. The van der Waals surface area contributed by atoms with E-state index in [-0.39, 0.29) is 5.54 Å². The summed E-state index contributed by atoms with van der Waals surface area (Å²) in [6.07, 6.45) is 7.12. The molecule has 2 aromatic carbocycles. The van der Waals surface area contributed by atoms with Crippen molar-refractivity contribution in [2.24, 2.45) is 5.73 Å². The van der Waals surface area contributed by atoms with Crippen molar-refractivity contribution in [3.05, 3.63) is 53.5 Å². The van der Waals surface area contributed by atoms with Crippen LogP contribution in [0, 0.1) is 0 Å². The topological polar surface area (TPSA) is 26.0 Å². The van der Waals surface area contributed by atoms with Crippen LogP contribution in [0.4, 0.5) is 0 Å². The van der Waals surface area contributed by atoms with Crippen LogP contribution < -0.4 is 10.2 Å². The molecule has 0 unspecified atom stereocenters. The Hall–Kier alpha value is -1.08. The molecule has 2 heteroatoms. The van der Waals surface area contributed by atoms with E-state index in [2.05, 4.69) is 53.5 Å². The van der Waals surface area contributed by atoms with Crippen LogP contribution in [0.25, 0.3) is 10.8 Å². The summed E-state index contributed by atoms with van der Waals surface area (Å²) in [6, 6.07) is 15.2. The Kier molecular flexibility index (Phi) is 3.74. The minimum atomic E-state index is -0.0215. The summed E-state index contributed by atoms with van der Waals surface area (Å²) in [5.74, 6) is 0. The molecule has 0 bridgehead atoms. The summed E-state index contributed by atoms with van der Waals surface area (Å²) in [7, 11) is 0. The predicted octanol–water partition coefficient (Wildman–Crippen LogP) is 2.95. The van der Waals surface area contributed by atoms with Crippen LogP contribution in [0.2, 0.25) is 0 Å². The summed E-state index contributed by atoms with van der Waals surface area (Å²) in [5, 5.41) is 2.71. The summed E-state index contributed by atoms with van der Waals surface area (Å²) >= 11 is 0.371. The van der Waals surface area contributed by atoms with Crippen molar-refractivity contribution < 1.29 is 0 Å². The molecule has 0 aliphatic heterocycles. The normalized spacial score (nSPS) is 18.4. The van der Waals surface area contributed by atoms with E-state index in [1.807, 2.05) is 0 Å². The van der Waals surface area contributed by atoms with Crippen LogP contribution in [-0.4, -0.2) is 20.5 Å². The molecule has 1 saturated carbocycles. The van der Waals surface area contributed by atoms with Crippen LogP contribution in [0.15, 0.2) is 53.5 Å². The van der Waals surface area contributed by atoms with Crippen molar-refractivity contribution in [1.29, 1.82) is 0 Å². The molecule has 19 heavy (non-hydrogen) atoms. The summed E-state index contributed by atoms with van der Waals surface area (Å²) < 4.78 is 1.45. The van der Waals surface area contributed by atoms with Gasteiger partial charge in [0.2, 0.25) is 0 Å².